The van der Waals surface area contributed by atoms with E-state index < -0.39 is 33.2 Å². The lowest BCUT2D eigenvalue weighted by Crippen LogP contribution is -2.48. The summed E-state index contributed by atoms with van der Waals surface area (Å²) >= 11 is 0. The first-order valence-electron chi connectivity index (χ1n) is 16.2. The summed E-state index contributed by atoms with van der Waals surface area (Å²) in [5.74, 6) is -3.79. The molecule has 4 aliphatic rings. The van der Waals surface area contributed by atoms with Crippen LogP contribution in [0.2, 0.25) is 0 Å². The van der Waals surface area contributed by atoms with Crippen LogP contribution in [0.5, 0.6) is 0 Å². The first kappa shape index (κ1) is 32.0. The third-order valence-electron chi connectivity index (χ3n) is 9.76. The Morgan fingerprint density at radius 2 is 1.67 bits per heavy atom. The number of nitrogens with one attached hydrogen (secondary N) is 1. The highest BCUT2D eigenvalue weighted by Crippen LogP contribution is 2.41. The number of fused-ring (bicyclic) bond motifs is 8. The molecule has 0 unspecified atom stereocenters. The number of halogens is 3. The van der Waals surface area contributed by atoms with E-state index in [4.69, 9.17) is 0 Å². The van der Waals surface area contributed by atoms with Gasteiger partial charge in [0, 0.05) is 37.2 Å². The van der Waals surface area contributed by atoms with Crippen LogP contribution in [-0.2, 0) is 22.3 Å². The van der Waals surface area contributed by atoms with Gasteiger partial charge in [-0.25, -0.2) is 31.6 Å². The lowest BCUT2D eigenvalue weighted by atomic mass is 9.88. The van der Waals surface area contributed by atoms with Crippen molar-refractivity contribution in [3.8, 4) is 0 Å². The Hall–Kier alpha value is -2.99. The number of anilines is 1. The van der Waals surface area contributed by atoms with Crippen LogP contribution in [0.1, 0.15) is 92.8 Å². The number of hydrogen-bond donors (Lipinski definition) is 1. The van der Waals surface area contributed by atoms with Crippen LogP contribution in [-0.4, -0.2) is 59.0 Å². The van der Waals surface area contributed by atoms with E-state index >= 15 is 13.2 Å². The first-order valence-corrected chi connectivity index (χ1v) is 18.0. The Labute approximate surface area is 262 Å². The largest absolute Gasteiger partial charge is 0.363 e. The summed E-state index contributed by atoms with van der Waals surface area (Å²) in [4.78, 5) is 25.4. The highest BCUT2D eigenvalue weighted by atomic mass is 32.2. The van der Waals surface area contributed by atoms with Crippen LogP contribution in [0.25, 0.3) is 11.0 Å². The lowest BCUT2D eigenvalue weighted by Gasteiger charge is -2.41. The molecule has 0 spiro atoms. The zero-order chi connectivity index (χ0) is 31.9. The van der Waals surface area contributed by atoms with Crippen LogP contribution in [0, 0.1) is 18.7 Å². The summed E-state index contributed by atoms with van der Waals surface area (Å²) in [5.41, 5.74) is 0.317. The highest BCUT2D eigenvalue weighted by Gasteiger charge is 2.41. The maximum atomic E-state index is 15.9. The molecule has 0 aliphatic carbocycles. The third kappa shape index (κ3) is 6.77. The van der Waals surface area contributed by atoms with E-state index in [1.807, 2.05) is 0 Å². The van der Waals surface area contributed by atoms with E-state index in [1.165, 1.54) is 18.2 Å². The highest BCUT2D eigenvalue weighted by molar-refractivity contribution is 7.91. The van der Waals surface area contributed by atoms with Crippen molar-refractivity contribution in [3.05, 3.63) is 63.0 Å². The number of aryl methyl sites for hydroxylation is 2. The molecule has 1 aromatic carbocycles. The van der Waals surface area contributed by atoms with Gasteiger partial charge in [-0.2, -0.15) is 0 Å². The SMILES string of the molecule is Cc1nc2c3cc(C4CCS(=O)(=O)CC4)c(=O)n(c3n1)CCCCCCCN1CC(C1)CC(F)(F)c1cccc(c1F)[C@@H](C)N2. The second-order valence-electron chi connectivity index (χ2n) is 13.2. The van der Waals surface area contributed by atoms with Gasteiger partial charge in [0.15, 0.2) is 0 Å². The molecule has 2 fully saturated rings. The van der Waals surface area contributed by atoms with Gasteiger partial charge in [-0.15, -0.1) is 0 Å². The van der Waals surface area contributed by atoms with E-state index in [9.17, 15) is 13.2 Å². The summed E-state index contributed by atoms with van der Waals surface area (Å²) in [5, 5.41) is 3.82. The molecule has 1 atom stereocenters. The van der Waals surface area contributed by atoms with Crippen molar-refractivity contribution in [2.45, 2.75) is 89.6 Å². The van der Waals surface area contributed by atoms with Crippen molar-refractivity contribution >= 4 is 26.7 Å². The van der Waals surface area contributed by atoms with Gasteiger partial charge in [0.1, 0.15) is 32.9 Å². The molecule has 45 heavy (non-hydrogen) atoms. The number of aromatic nitrogens is 3. The van der Waals surface area contributed by atoms with Crippen LogP contribution in [0.4, 0.5) is 19.0 Å². The van der Waals surface area contributed by atoms with Crippen molar-refractivity contribution in [2.24, 2.45) is 5.92 Å². The predicted molar refractivity (Wildman–Crippen MR) is 169 cm³/mol. The van der Waals surface area contributed by atoms with Crippen molar-refractivity contribution in [2.75, 3.05) is 36.5 Å². The second kappa shape index (κ2) is 12.7. The average molecular weight is 646 g/mol. The van der Waals surface area contributed by atoms with Crippen LogP contribution >= 0.6 is 0 Å². The maximum absolute atomic E-state index is 15.9. The number of hydrogen-bond acceptors (Lipinski definition) is 7. The molecular weight excluding hydrogens is 603 g/mol. The summed E-state index contributed by atoms with van der Waals surface area (Å²) in [6.07, 6.45) is 5.02. The monoisotopic (exact) mass is 645 g/mol. The average Bonchev–Trinajstić information content (AvgIpc) is 2.95. The minimum absolute atomic E-state index is 0.0279. The molecule has 1 N–H and O–H groups in total. The Kier molecular flexibility index (Phi) is 8.99. The van der Waals surface area contributed by atoms with Crippen LogP contribution < -0.4 is 10.9 Å². The molecule has 2 saturated heterocycles. The number of rotatable bonds is 1. The Morgan fingerprint density at radius 1 is 0.978 bits per heavy atom. The molecule has 0 radical (unpaired) electrons. The summed E-state index contributed by atoms with van der Waals surface area (Å²) < 4.78 is 72.9. The fraction of sp³-hybridized carbons (Fsp3) is 0.606. The van der Waals surface area contributed by atoms with Gasteiger partial charge in [0.25, 0.3) is 11.5 Å². The minimum atomic E-state index is -3.30. The molecule has 6 heterocycles. The second-order valence-corrected chi connectivity index (χ2v) is 15.5. The molecule has 244 valence electrons. The maximum Gasteiger partial charge on any atom is 0.276 e. The standard InChI is InChI=1S/C33H42F3N5O3S/c1-21-25-9-8-10-28(29(25)34)33(35,36)18-23-19-40(20-23)13-6-4-3-5-7-14-41-31-27(30(37-21)38-22(2)39-31)17-26(32(41)42)24-11-15-45(43,44)16-12-24/h8-10,17,21,23-24H,3-7,11-16,18-20H2,1-2H3,(H,37,38,39)/t21-/m1/s1. The molecule has 8 bridgehead atoms. The summed E-state index contributed by atoms with van der Waals surface area (Å²) in [7, 11) is -3.13. The number of pyridine rings is 1. The summed E-state index contributed by atoms with van der Waals surface area (Å²) in [6, 6.07) is 5.18. The number of sulfone groups is 1. The third-order valence-corrected chi connectivity index (χ3v) is 11.5. The van der Waals surface area contributed by atoms with E-state index in [-0.39, 0.29) is 40.9 Å². The molecule has 8 nitrogen and oxygen atoms in total. The minimum Gasteiger partial charge on any atom is -0.363 e. The molecule has 3 aromatic rings. The number of nitrogens with zero attached hydrogens (tertiary/aromatic N) is 4. The smallest absolute Gasteiger partial charge is 0.276 e. The fourth-order valence-corrected chi connectivity index (χ4v) is 8.72. The molecule has 0 saturated carbocycles. The van der Waals surface area contributed by atoms with Crippen LogP contribution in [0.3, 0.4) is 0 Å². The molecular formula is C33H42F3N5O3S. The zero-order valence-electron chi connectivity index (χ0n) is 26.0. The van der Waals surface area contributed by atoms with Gasteiger partial charge in [0.05, 0.1) is 28.5 Å². The fourth-order valence-electron chi connectivity index (χ4n) is 7.23. The predicted octanol–water partition coefficient (Wildman–Crippen LogP) is 6.08. The Morgan fingerprint density at radius 3 is 2.40 bits per heavy atom. The van der Waals surface area contributed by atoms with E-state index in [1.54, 1.807) is 24.5 Å². The zero-order valence-corrected chi connectivity index (χ0v) is 26.8. The quantitative estimate of drug-likeness (QED) is 0.343. The van der Waals surface area contributed by atoms with Gasteiger partial charge in [-0.3, -0.25) is 9.36 Å². The van der Waals surface area contributed by atoms with Crippen LogP contribution in [0.15, 0.2) is 29.1 Å². The van der Waals surface area contributed by atoms with Gasteiger partial charge < -0.3 is 10.2 Å². The molecule has 12 heteroatoms. The van der Waals surface area contributed by atoms with Crippen molar-refractivity contribution < 1.29 is 21.6 Å². The van der Waals surface area contributed by atoms with E-state index in [0.717, 1.165) is 38.6 Å². The van der Waals surface area contributed by atoms with Gasteiger partial charge >= 0.3 is 0 Å². The topological polar surface area (TPSA) is 97.2 Å². The summed E-state index contributed by atoms with van der Waals surface area (Å²) in [6.45, 7) is 5.94. The Bertz CT molecular complexity index is 1730. The molecule has 4 aliphatic heterocycles. The number of alkyl halides is 2. The van der Waals surface area contributed by atoms with Gasteiger partial charge in [-0.05, 0) is 64.0 Å². The molecule has 7 rings (SSSR count). The normalized spacial score (nSPS) is 26.0. The number of benzene rings is 1. The van der Waals surface area contributed by atoms with Crippen molar-refractivity contribution in [1.82, 2.24) is 19.4 Å². The van der Waals surface area contributed by atoms with Crippen molar-refractivity contribution in [1.29, 1.82) is 0 Å². The van der Waals surface area contributed by atoms with Crippen molar-refractivity contribution in [3.63, 3.8) is 0 Å². The van der Waals surface area contributed by atoms with Gasteiger partial charge in [-0.1, -0.05) is 37.5 Å². The molecule has 0 amide bonds. The first-order chi connectivity index (χ1) is 21.4. The van der Waals surface area contributed by atoms with E-state index in [2.05, 4.69) is 20.2 Å². The Balaban J connectivity index is 1.42. The van der Waals surface area contributed by atoms with E-state index in [0.29, 0.717) is 60.7 Å². The molecule has 2 aromatic heterocycles. The van der Waals surface area contributed by atoms with Gasteiger partial charge in [0.2, 0.25) is 0 Å². The lowest BCUT2D eigenvalue weighted by molar-refractivity contribution is -0.0592.